The van der Waals surface area contributed by atoms with E-state index >= 15 is 0 Å². The second-order valence-electron chi connectivity index (χ2n) is 6.42. The average molecular weight is 414 g/mol. The number of fused-ring (bicyclic) bond motifs is 1. The summed E-state index contributed by atoms with van der Waals surface area (Å²) in [5, 5.41) is 4.36. The molecule has 0 aliphatic carbocycles. The van der Waals surface area contributed by atoms with E-state index < -0.39 is 0 Å². The molecular weight excluding hydrogens is 394 g/mol. The number of halogens is 1. The monoisotopic (exact) mass is 413 g/mol. The highest BCUT2D eigenvalue weighted by Gasteiger charge is 2.13. The van der Waals surface area contributed by atoms with Gasteiger partial charge in [-0.2, -0.15) is 0 Å². The van der Waals surface area contributed by atoms with E-state index in [1.807, 2.05) is 32.0 Å². The molecule has 1 aromatic heterocycles. The summed E-state index contributed by atoms with van der Waals surface area (Å²) < 4.78 is 1.51. The number of rotatable bonds is 6. The van der Waals surface area contributed by atoms with Crippen LogP contribution in [-0.4, -0.2) is 21.2 Å². The molecule has 3 aromatic rings. The van der Waals surface area contributed by atoms with Crippen molar-refractivity contribution >= 4 is 45.9 Å². The van der Waals surface area contributed by atoms with Crippen molar-refractivity contribution in [3.8, 4) is 0 Å². The van der Waals surface area contributed by atoms with Gasteiger partial charge in [0.1, 0.15) is 0 Å². The zero-order chi connectivity index (χ0) is 20.3. The topological polar surface area (TPSA) is 64.0 Å². The van der Waals surface area contributed by atoms with Crippen LogP contribution in [0.3, 0.4) is 0 Å². The van der Waals surface area contributed by atoms with E-state index in [1.165, 1.54) is 16.3 Å². The maximum atomic E-state index is 12.8. The molecule has 0 fully saturated rings. The molecule has 0 spiro atoms. The molecule has 0 aliphatic heterocycles. The first-order valence-corrected chi connectivity index (χ1v) is 10.1. The molecule has 0 atom stereocenters. The number of nitrogens with one attached hydrogen (secondary N) is 1. The third-order valence-electron chi connectivity index (χ3n) is 4.19. The van der Waals surface area contributed by atoms with E-state index in [0.29, 0.717) is 27.6 Å². The quantitative estimate of drug-likeness (QED) is 0.365. The Morgan fingerprint density at radius 1 is 1.29 bits per heavy atom. The number of nitrogens with zero attached hydrogens (tertiary/aromatic N) is 2. The van der Waals surface area contributed by atoms with E-state index in [9.17, 15) is 9.59 Å². The largest absolute Gasteiger partial charge is 0.325 e. The molecule has 0 unspecified atom stereocenters. The number of amides is 1. The number of hydrogen-bond acceptors (Lipinski definition) is 4. The van der Waals surface area contributed by atoms with Gasteiger partial charge in [-0.1, -0.05) is 41.6 Å². The van der Waals surface area contributed by atoms with Gasteiger partial charge in [-0.05, 0) is 49.2 Å². The SMILES string of the molecule is C=CCn1c(SCC(=O)Nc2cc(C)ccc2C)nc2cc(Cl)ccc2c1=O. The maximum Gasteiger partial charge on any atom is 0.262 e. The molecule has 0 radical (unpaired) electrons. The number of aryl methyl sites for hydroxylation is 2. The molecule has 0 bridgehead atoms. The molecule has 28 heavy (non-hydrogen) atoms. The van der Waals surface area contributed by atoms with Crippen molar-refractivity contribution in [2.24, 2.45) is 0 Å². The van der Waals surface area contributed by atoms with Crippen LogP contribution in [0.5, 0.6) is 0 Å². The highest BCUT2D eigenvalue weighted by atomic mass is 35.5. The molecule has 1 heterocycles. The van der Waals surface area contributed by atoms with Gasteiger partial charge in [-0.3, -0.25) is 14.2 Å². The van der Waals surface area contributed by atoms with Crippen molar-refractivity contribution in [2.75, 3.05) is 11.1 Å². The van der Waals surface area contributed by atoms with Crippen molar-refractivity contribution in [3.63, 3.8) is 0 Å². The van der Waals surface area contributed by atoms with E-state index in [4.69, 9.17) is 11.6 Å². The predicted molar refractivity (Wildman–Crippen MR) is 116 cm³/mol. The van der Waals surface area contributed by atoms with Crippen LogP contribution >= 0.6 is 23.4 Å². The first kappa shape index (κ1) is 20.2. The first-order valence-electron chi connectivity index (χ1n) is 8.70. The molecular formula is C21H20ClN3O2S. The Morgan fingerprint density at radius 2 is 2.07 bits per heavy atom. The summed E-state index contributed by atoms with van der Waals surface area (Å²) in [6.45, 7) is 7.93. The molecule has 1 amide bonds. The van der Waals surface area contributed by atoms with Crippen molar-refractivity contribution in [2.45, 2.75) is 25.5 Å². The summed E-state index contributed by atoms with van der Waals surface area (Å²) in [6.07, 6.45) is 1.63. The lowest BCUT2D eigenvalue weighted by Gasteiger charge is -2.12. The highest BCUT2D eigenvalue weighted by Crippen LogP contribution is 2.22. The van der Waals surface area contributed by atoms with Gasteiger partial charge in [0.2, 0.25) is 5.91 Å². The van der Waals surface area contributed by atoms with Gasteiger partial charge in [0.15, 0.2) is 5.16 Å². The molecule has 5 nitrogen and oxygen atoms in total. The second kappa shape index (κ2) is 8.63. The Kier molecular flexibility index (Phi) is 6.21. The smallest absolute Gasteiger partial charge is 0.262 e. The standard InChI is InChI=1S/C21H20ClN3O2S/c1-4-9-25-20(27)16-8-7-15(22)11-18(16)24-21(25)28-12-19(26)23-17-10-13(2)5-6-14(17)3/h4-8,10-11H,1,9,12H2,2-3H3,(H,23,26). The summed E-state index contributed by atoms with van der Waals surface area (Å²) >= 11 is 7.24. The maximum absolute atomic E-state index is 12.8. The molecule has 3 rings (SSSR count). The zero-order valence-corrected chi connectivity index (χ0v) is 17.2. The number of carbonyl (C=O) groups is 1. The first-order chi connectivity index (χ1) is 13.4. The number of allylic oxidation sites excluding steroid dienone is 1. The summed E-state index contributed by atoms with van der Waals surface area (Å²) in [7, 11) is 0. The highest BCUT2D eigenvalue weighted by molar-refractivity contribution is 7.99. The summed E-state index contributed by atoms with van der Waals surface area (Å²) in [6, 6.07) is 10.9. The second-order valence-corrected chi connectivity index (χ2v) is 7.79. The molecule has 1 N–H and O–H groups in total. The fourth-order valence-electron chi connectivity index (χ4n) is 2.76. The van der Waals surface area contributed by atoms with E-state index in [2.05, 4.69) is 16.9 Å². The minimum absolute atomic E-state index is 0.128. The number of aromatic nitrogens is 2. The summed E-state index contributed by atoms with van der Waals surface area (Å²) in [4.78, 5) is 29.8. The molecule has 0 saturated carbocycles. The van der Waals surface area contributed by atoms with Crippen LogP contribution < -0.4 is 10.9 Å². The number of carbonyl (C=O) groups excluding carboxylic acids is 1. The van der Waals surface area contributed by atoms with Gasteiger partial charge in [0.05, 0.1) is 16.7 Å². The van der Waals surface area contributed by atoms with Crippen LogP contribution in [0.1, 0.15) is 11.1 Å². The lowest BCUT2D eigenvalue weighted by atomic mass is 10.1. The van der Waals surface area contributed by atoms with Gasteiger partial charge in [0, 0.05) is 17.3 Å². The minimum atomic E-state index is -0.181. The van der Waals surface area contributed by atoms with Crippen LogP contribution in [0.25, 0.3) is 10.9 Å². The van der Waals surface area contributed by atoms with Gasteiger partial charge >= 0.3 is 0 Å². The number of benzene rings is 2. The van der Waals surface area contributed by atoms with Gasteiger partial charge in [-0.25, -0.2) is 4.98 Å². The third-order valence-corrected chi connectivity index (χ3v) is 5.41. The number of thioether (sulfide) groups is 1. The Hall–Kier alpha value is -2.57. The molecule has 7 heteroatoms. The van der Waals surface area contributed by atoms with Gasteiger partial charge in [-0.15, -0.1) is 6.58 Å². The number of hydrogen-bond donors (Lipinski definition) is 1. The summed E-state index contributed by atoms with van der Waals surface area (Å²) in [5.41, 5.74) is 3.18. The Balaban J connectivity index is 1.85. The lowest BCUT2D eigenvalue weighted by Crippen LogP contribution is -2.24. The van der Waals surface area contributed by atoms with Gasteiger partial charge in [0.25, 0.3) is 5.56 Å². The lowest BCUT2D eigenvalue weighted by molar-refractivity contribution is -0.113. The molecule has 0 aliphatic rings. The minimum Gasteiger partial charge on any atom is -0.325 e. The van der Waals surface area contributed by atoms with E-state index in [-0.39, 0.29) is 17.2 Å². The average Bonchev–Trinajstić information content (AvgIpc) is 2.65. The zero-order valence-electron chi connectivity index (χ0n) is 15.7. The summed E-state index contributed by atoms with van der Waals surface area (Å²) in [5.74, 6) is -0.0347. The van der Waals surface area contributed by atoms with Crippen LogP contribution in [-0.2, 0) is 11.3 Å². The normalized spacial score (nSPS) is 10.8. The van der Waals surface area contributed by atoms with Gasteiger partial charge < -0.3 is 5.32 Å². The van der Waals surface area contributed by atoms with Crippen molar-refractivity contribution in [1.29, 1.82) is 0 Å². The van der Waals surface area contributed by atoms with Crippen LogP contribution in [0, 0.1) is 13.8 Å². The Morgan fingerprint density at radius 3 is 2.82 bits per heavy atom. The van der Waals surface area contributed by atoms with Crippen LogP contribution in [0.15, 0.2) is 59.0 Å². The third kappa shape index (κ3) is 4.46. The number of anilines is 1. The molecule has 144 valence electrons. The predicted octanol–water partition coefficient (Wildman–Crippen LogP) is 4.58. The van der Waals surface area contributed by atoms with Crippen LogP contribution in [0.2, 0.25) is 5.02 Å². The van der Waals surface area contributed by atoms with Crippen molar-refractivity contribution in [3.05, 3.63) is 75.6 Å². The van der Waals surface area contributed by atoms with Crippen molar-refractivity contribution in [1.82, 2.24) is 9.55 Å². The van der Waals surface area contributed by atoms with E-state index in [1.54, 1.807) is 24.3 Å². The molecule has 0 saturated heterocycles. The van der Waals surface area contributed by atoms with Crippen LogP contribution in [0.4, 0.5) is 5.69 Å². The molecule has 2 aromatic carbocycles. The fraction of sp³-hybridized carbons (Fsp3) is 0.190. The Bertz CT molecular complexity index is 1120. The van der Waals surface area contributed by atoms with E-state index in [0.717, 1.165) is 16.8 Å². The Labute approximate surface area is 172 Å². The fourth-order valence-corrected chi connectivity index (χ4v) is 3.74. The van der Waals surface area contributed by atoms with Crippen molar-refractivity contribution < 1.29 is 4.79 Å².